The van der Waals surface area contributed by atoms with Crippen LogP contribution in [0.2, 0.25) is 0 Å². The Morgan fingerprint density at radius 2 is 1.88 bits per heavy atom. The van der Waals surface area contributed by atoms with Crippen molar-refractivity contribution in [2.75, 3.05) is 12.5 Å². The van der Waals surface area contributed by atoms with Crippen molar-refractivity contribution in [1.29, 1.82) is 0 Å². The third kappa shape index (κ3) is 2.98. The zero-order valence-corrected chi connectivity index (χ0v) is 10.1. The van der Waals surface area contributed by atoms with Crippen molar-refractivity contribution < 1.29 is 9.53 Å². The second-order valence-electron chi connectivity index (χ2n) is 3.78. The van der Waals surface area contributed by atoms with E-state index in [4.69, 9.17) is 16.3 Å². The largest absolute Gasteiger partial charge is 0.494 e. The zero-order chi connectivity index (χ0) is 12.1. The van der Waals surface area contributed by atoms with Crippen LogP contribution in [-0.4, -0.2) is 18.8 Å². The maximum absolute atomic E-state index is 10.7. The van der Waals surface area contributed by atoms with E-state index in [0.717, 1.165) is 29.2 Å². The van der Waals surface area contributed by atoms with Crippen molar-refractivity contribution >= 4 is 28.7 Å². The number of aldehydes is 1. The molecule has 0 spiro atoms. The summed E-state index contributed by atoms with van der Waals surface area (Å²) in [6.07, 6.45) is 1.69. The molecule has 2 nitrogen and oxygen atoms in total. The fourth-order valence-electron chi connectivity index (χ4n) is 1.65. The molecule has 0 radical (unpaired) electrons. The number of ether oxygens (including phenoxy) is 1. The van der Waals surface area contributed by atoms with E-state index in [2.05, 4.69) is 0 Å². The Labute approximate surface area is 105 Å². The molecular weight excluding hydrogens is 236 g/mol. The Balaban J connectivity index is 2.22. The van der Waals surface area contributed by atoms with E-state index in [1.165, 1.54) is 0 Å². The average Bonchev–Trinajstić information content (AvgIpc) is 2.38. The van der Waals surface area contributed by atoms with Crippen molar-refractivity contribution in [2.45, 2.75) is 6.42 Å². The SMILES string of the molecule is O=Cc1ccc2cc(OCCCCl)ccc2c1. The normalized spacial score (nSPS) is 10.4. The molecule has 3 heteroatoms. The standard InChI is InChI=1S/C14H13ClO2/c15-6-1-7-17-14-5-4-12-8-11(10-16)2-3-13(12)9-14/h2-5,8-10H,1,6-7H2. The van der Waals surface area contributed by atoms with E-state index in [1.54, 1.807) is 6.07 Å². The molecular formula is C14H13ClO2. The monoisotopic (exact) mass is 248 g/mol. The number of rotatable bonds is 5. The molecule has 0 aromatic heterocycles. The Kier molecular flexibility index (Phi) is 3.99. The lowest BCUT2D eigenvalue weighted by atomic mass is 10.1. The van der Waals surface area contributed by atoms with Gasteiger partial charge in [-0.25, -0.2) is 0 Å². The van der Waals surface area contributed by atoms with Crippen molar-refractivity contribution in [2.24, 2.45) is 0 Å². The van der Waals surface area contributed by atoms with Gasteiger partial charge in [0.05, 0.1) is 6.61 Å². The highest BCUT2D eigenvalue weighted by molar-refractivity contribution is 6.17. The lowest BCUT2D eigenvalue weighted by Gasteiger charge is -2.06. The zero-order valence-electron chi connectivity index (χ0n) is 9.36. The smallest absolute Gasteiger partial charge is 0.150 e. The van der Waals surface area contributed by atoms with Crippen LogP contribution < -0.4 is 4.74 Å². The molecule has 0 atom stereocenters. The highest BCUT2D eigenvalue weighted by Crippen LogP contribution is 2.21. The van der Waals surface area contributed by atoms with Gasteiger partial charge in [-0.15, -0.1) is 11.6 Å². The van der Waals surface area contributed by atoms with Gasteiger partial charge in [0.1, 0.15) is 12.0 Å². The van der Waals surface area contributed by atoms with E-state index in [0.29, 0.717) is 18.1 Å². The van der Waals surface area contributed by atoms with Crippen molar-refractivity contribution in [3.63, 3.8) is 0 Å². The van der Waals surface area contributed by atoms with Crippen LogP contribution >= 0.6 is 11.6 Å². The van der Waals surface area contributed by atoms with Gasteiger partial charge in [-0.05, 0) is 35.4 Å². The van der Waals surface area contributed by atoms with Gasteiger partial charge in [-0.3, -0.25) is 4.79 Å². The summed E-state index contributed by atoms with van der Waals surface area (Å²) in [4.78, 5) is 10.7. The molecule has 2 aromatic carbocycles. The topological polar surface area (TPSA) is 26.3 Å². The van der Waals surface area contributed by atoms with Crippen LogP contribution in [0.25, 0.3) is 10.8 Å². The van der Waals surface area contributed by atoms with Gasteiger partial charge >= 0.3 is 0 Å². The molecule has 0 saturated carbocycles. The first kappa shape index (κ1) is 11.9. The second kappa shape index (κ2) is 5.69. The van der Waals surface area contributed by atoms with Crippen LogP contribution in [0.3, 0.4) is 0 Å². The van der Waals surface area contributed by atoms with Gasteiger partial charge in [-0.1, -0.05) is 18.2 Å². The molecule has 0 N–H and O–H groups in total. The maximum atomic E-state index is 10.7. The number of carbonyl (C=O) groups is 1. The van der Waals surface area contributed by atoms with Crippen LogP contribution in [0.4, 0.5) is 0 Å². The number of halogens is 1. The Bertz CT molecular complexity index is 523. The molecule has 0 heterocycles. The molecule has 0 unspecified atom stereocenters. The van der Waals surface area contributed by atoms with Crippen molar-refractivity contribution in [3.05, 3.63) is 42.0 Å². The molecule has 0 aliphatic carbocycles. The third-order valence-corrected chi connectivity index (χ3v) is 2.79. The quantitative estimate of drug-likeness (QED) is 0.459. The van der Waals surface area contributed by atoms with Gasteiger partial charge in [-0.2, -0.15) is 0 Å². The Morgan fingerprint density at radius 1 is 1.12 bits per heavy atom. The second-order valence-corrected chi connectivity index (χ2v) is 4.16. The lowest BCUT2D eigenvalue weighted by molar-refractivity contribution is 0.112. The van der Waals surface area contributed by atoms with E-state index in [1.807, 2.05) is 30.3 Å². The number of benzene rings is 2. The van der Waals surface area contributed by atoms with Crippen LogP contribution in [0.1, 0.15) is 16.8 Å². The molecule has 88 valence electrons. The minimum Gasteiger partial charge on any atom is -0.494 e. The first-order valence-electron chi connectivity index (χ1n) is 5.51. The fourth-order valence-corrected chi connectivity index (χ4v) is 1.76. The lowest BCUT2D eigenvalue weighted by Crippen LogP contribution is -1.97. The maximum Gasteiger partial charge on any atom is 0.150 e. The summed E-state index contributed by atoms with van der Waals surface area (Å²) in [5.41, 5.74) is 0.688. The Morgan fingerprint density at radius 3 is 2.65 bits per heavy atom. The molecule has 0 fully saturated rings. The first-order valence-corrected chi connectivity index (χ1v) is 6.05. The molecule has 2 rings (SSSR count). The summed E-state index contributed by atoms with van der Waals surface area (Å²) in [5.74, 6) is 1.44. The summed E-state index contributed by atoms with van der Waals surface area (Å²) in [6, 6.07) is 11.4. The van der Waals surface area contributed by atoms with Crippen molar-refractivity contribution in [3.8, 4) is 5.75 Å². The van der Waals surface area contributed by atoms with Crippen LogP contribution in [-0.2, 0) is 0 Å². The molecule has 0 bridgehead atoms. The first-order chi connectivity index (χ1) is 8.33. The van der Waals surface area contributed by atoms with E-state index >= 15 is 0 Å². The summed E-state index contributed by atoms with van der Waals surface area (Å²) in [6.45, 7) is 0.626. The predicted octanol–water partition coefficient (Wildman–Crippen LogP) is 3.66. The summed E-state index contributed by atoms with van der Waals surface area (Å²) >= 11 is 5.58. The highest BCUT2D eigenvalue weighted by Gasteiger charge is 1.99. The fraction of sp³-hybridized carbons (Fsp3) is 0.214. The number of hydrogen-bond donors (Lipinski definition) is 0. The Hall–Kier alpha value is -1.54. The summed E-state index contributed by atoms with van der Waals surface area (Å²) < 4.78 is 5.56. The number of fused-ring (bicyclic) bond motifs is 1. The minimum atomic E-state index is 0.607. The molecule has 0 aliphatic rings. The van der Waals surface area contributed by atoms with E-state index in [9.17, 15) is 4.79 Å². The molecule has 17 heavy (non-hydrogen) atoms. The number of hydrogen-bond acceptors (Lipinski definition) is 2. The predicted molar refractivity (Wildman–Crippen MR) is 70.2 cm³/mol. The average molecular weight is 249 g/mol. The number of alkyl halides is 1. The summed E-state index contributed by atoms with van der Waals surface area (Å²) in [7, 11) is 0. The number of carbonyl (C=O) groups excluding carboxylic acids is 1. The third-order valence-electron chi connectivity index (χ3n) is 2.52. The van der Waals surface area contributed by atoms with Gasteiger partial charge in [0.15, 0.2) is 0 Å². The van der Waals surface area contributed by atoms with Crippen LogP contribution in [0.15, 0.2) is 36.4 Å². The molecule has 0 amide bonds. The van der Waals surface area contributed by atoms with Crippen LogP contribution in [0, 0.1) is 0 Å². The minimum absolute atomic E-state index is 0.607. The molecule has 0 saturated heterocycles. The van der Waals surface area contributed by atoms with Gasteiger partial charge in [0, 0.05) is 11.4 Å². The highest BCUT2D eigenvalue weighted by atomic mass is 35.5. The molecule has 2 aromatic rings. The van der Waals surface area contributed by atoms with E-state index in [-0.39, 0.29) is 0 Å². The van der Waals surface area contributed by atoms with Crippen molar-refractivity contribution in [1.82, 2.24) is 0 Å². The van der Waals surface area contributed by atoms with Gasteiger partial charge < -0.3 is 4.74 Å². The van der Waals surface area contributed by atoms with Gasteiger partial charge in [0.2, 0.25) is 0 Å². The molecule has 0 aliphatic heterocycles. The summed E-state index contributed by atoms with van der Waals surface area (Å²) in [5, 5.41) is 2.11. The van der Waals surface area contributed by atoms with E-state index < -0.39 is 0 Å². The van der Waals surface area contributed by atoms with Gasteiger partial charge in [0.25, 0.3) is 0 Å². The van der Waals surface area contributed by atoms with Crippen LogP contribution in [0.5, 0.6) is 5.75 Å².